The highest BCUT2D eigenvalue weighted by atomic mass is 16.3. The SMILES string of the molecule is Cc1nc(-c2ccccc2)ccc1C(=O)NCC(C)CO. The number of aliphatic hydroxyl groups excluding tert-OH is 1. The zero-order valence-corrected chi connectivity index (χ0v) is 12.3. The second-order valence-electron chi connectivity index (χ2n) is 5.19. The van der Waals surface area contributed by atoms with Crippen LogP contribution < -0.4 is 5.32 Å². The molecule has 0 aliphatic heterocycles. The number of rotatable bonds is 5. The van der Waals surface area contributed by atoms with Crippen LogP contribution in [0.25, 0.3) is 11.3 Å². The quantitative estimate of drug-likeness (QED) is 0.886. The van der Waals surface area contributed by atoms with Crippen molar-refractivity contribution in [2.24, 2.45) is 5.92 Å². The molecule has 1 amide bonds. The minimum absolute atomic E-state index is 0.0470. The number of aryl methyl sites for hydroxylation is 1. The third kappa shape index (κ3) is 3.89. The molecule has 0 spiro atoms. The van der Waals surface area contributed by atoms with Crippen molar-refractivity contribution in [2.75, 3.05) is 13.2 Å². The number of benzene rings is 1. The van der Waals surface area contributed by atoms with E-state index >= 15 is 0 Å². The van der Waals surface area contributed by atoms with Gasteiger partial charge in [0.2, 0.25) is 0 Å². The van der Waals surface area contributed by atoms with Crippen LogP contribution in [0.1, 0.15) is 23.0 Å². The fraction of sp³-hybridized carbons (Fsp3) is 0.294. The largest absolute Gasteiger partial charge is 0.396 e. The van der Waals surface area contributed by atoms with Crippen molar-refractivity contribution in [3.05, 3.63) is 53.7 Å². The molecule has 0 radical (unpaired) electrons. The summed E-state index contributed by atoms with van der Waals surface area (Å²) >= 11 is 0. The first kappa shape index (κ1) is 15.2. The second kappa shape index (κ2) is 6.99. The Morgan fingerprint density at radius 2 is 1.95 bits per heavy atom. The van der Waals surface area contributed by atoms with E-state index < -0.39 is 0 Å². The van der Waals surface area contributed by atoms with E-state index in [2.05, 4.69) is 10.3 Å². The number of nitrogens with zero attached hydrogens (tertiary/aromatic N) is 1. The van der Waals surface area contributed by atoms with Crippen LogP contribution in [0.15, 0.2) is 42.5 Å². The van der Waals surface area contributed by atoms with Gasteiger partial charge >= 0.3 is 0 Å². The Kier molecular flexibility index (Phi) is 5.06. The molecule has 1 atom stereocenters. The standard InChI is InChI=1S/C17H20N2O2/c1-12(11-20)10-18-17(21)15-8-9-16(19-13(15)2)14-6-4-3-5-7-14/h3-9,12,20H,10-11H2,1-2H3,(H,18,21). The predicted molar refractivity (Wildman–Crippen MR) is 83.0 cm³/mol. The molecule has 4 heteroatoms. The van der Waals surface area contributed by atoms with Gasteiger partial charge < -0.3 is 10.4 Å². The summed E-state index contributed by atoms with van der Waals surface area (Å²) in [6, 6.07) is 13.5. The summed E-state index contributed by atoms with van der Waals surface area (Å²) in [4.78, 5) is 16.6. The van der Waals surface area contributed by atoms with Crippen molar-refractivity contribution in [3.63, 3.8) is 0 Å². The molecule has 1 unspecified atom stereocenters. The fourth-order valence-electron chi connectivity index (χ4n) is 2.00. The number of nitrogens with one attached hydrogen (secondary N) is 1. The van der Waals surface area contributed by atoms with Gasteiger partial charge in [0.1, 0.15) is 0 Å². The van der Waals surface area contributed by atoms with Crippen molar-refractivity contribution < 1.29 is 9.90 Å². The second-order valence-corrected chi connectivity index (χ2v) is 5.19. The topological polar surface area (TPSA) is 62.2 Å². The number of aliphatic hydroxyl groups is 1. The lowest BCUT2D eigenvalue weighted by Crippen LogP contribution is -2.30. The van der Waals surface area contributed by atoms with Gasteiger partial charge in [-0.25, -0.2) is 0 Å². The van der Waals surface area contributed by atoms with E-state index in [0.717, 1.165) is 11.3 Å². The van der Waals surface area contributed by atoms with Crippen molar-refractivity contribution in [3.8, 4) is 11.3 Å². The Balaban J connectivity index is 2.14. The Bertz CT molecular complexity index is 611. The average Bonchev–Trinajstić information content (AvgIpc) is 2.53. The van der Waals surface area contributed by atoms with E-state index in [1.807, 2.05) is 50.2 Å². The molecule has 0 aliphatic rings. The van der Waals surface area contributed by atoms with Crippen molar-refractivity contribution >= 4 is 5.91 Å². The molecule has 1 heterocycles. The van der Waals surface area contributed by atoms with E-state index in [4.69, 9.17) is 5.11 Å². The molecule has 2 aromatic rings. The maximum atomic E-state index is 12.1. The zero-order valence-electron chi connectivity index (χ0n) is 12.3. The van der Waals surface area contributed by atoms with Crippen LogP contribution in [0, 0.1) is 12.8 Å². The summed E-state index contributed by atoms with van der Waals surface area (Å²) in [5.41, 5.74) is 3.15. The highest BCUT2D eigenvalue weighted by molar-refractivity contribution is 5.95. The molecule has 0 fully saturated rings. The highest BCUT2D eigenvalue weighted by Gasteiger charge is 2.12. The first-order valence-electron chi connectivity index (χ1n) is 7.04. The van der Waals surface area contributed by atoms with E-state index in [-0.39, 0.29) is 18.4 Å². The van der Waals surface area contributed by atoms with Gasteiger partial charge in [-0.15, -0.1) is 0 Å². The molecule has 0 saturated carbocycles. The summed E-state index contributed by atoms with van der Waals surface area (Å²) < 4.78 is 0. The molecule has 2 N–H and O–H groups in total. The molecular weight excluding hydrogens is 264 g/mol. The number of amides is 1. The number of pyridine rings is 1. The van der Waals surface area contributed by atoms with Crippen LogP contribution in [0.4, 0.5) is 0 Å². The Morgan fingerprint density at radius 1 is 1.24 bits per heavy atom. The Morgan fingerprint density at radius 3 is 2.57 bits per heavy atom. The molecular formula is C17H20N2O2. The molecule has 0 bridgehead atoms. The highest BCUT2D eigenvalue weighted by Crippen LogP contribution is 2.18. The number of carbonyl (C=O) groups excluding carboxylic acids is 1. The van der Waals surface area contributed by atoms with Crippen LogP contribution in [-0.4, -0.2) is 29.1 Å². The van der Waals surface area contributed by atoms with Crippen molar-refractivity contribution in [1.82, 2.24) is 10.3 Å². The molecule has 1 aromatic heterocycles. The van der Waals surface area contributed by atoms with Crippen molar-refractivity contribution in [2.45, 2.75) is 13.8 Å². The summed E-state index contributed by atoms with van der Waals surface area (Å²) in [5.74, 6) is -0.106. The van der Waals surface area contributed by atoms with Crippen LogP contribution in [0.3, 0.4) is 0 Å². The van der Waals surface area contributed by atoms with Crippen LogP contribution in [0.2, 0.25) is 0 Å². The first-order chi connectivity index (χ1) is 10.1. The summed E-state index contributed by atoms with van der Waals surface area (Å²) in [6.07, 6.45) is 0. The fourth-order valence-corrected chi connectivity index (χ4v) is 2.00. The van der Waals surface area contributed by atoms with Gasteiger partial charge in [-0.1, -0.05) is 37.3 Å². The van der Waals surface area contributed by atoms with Gasteiger partial charge in [0, 0.05) is 18.7 Å². The van der Waals surface area contributed by atoms with E-state index in [9.17, 15) is 4.79 Å². The smallest absolute Gasteiger partial charge is 0.253 e. The first-order valence-corrected chi connectivity index (χ1v) is 7.04. The lowest BCUT2D eigenvalue weighted by molar-refractivity contribution is 0.0941. The summed E-state index contributed by atoms with van der Waals surface area (Å²) in [7, 11) is 0. The number of hydrogen-bond donors (Lipinski definition) is 2. The molecule has 0 saturated heterocycles. The van der Waals surface area contributed by atoms with Gasteiger partial charge in [-0.05, 0) is 25.0 Å². The Hall–Kier alpha value is -2.20. The lowest BCUT2D eigenvalue weighted by atomic mass is 10.1. The molecule has 4 nitrogen and oxygen atoms in total. The molecule has 110 valence electrons. The van der Waals surface area contributed by atoms with Gasteiger partial charge in [0.05, 0.1) is 17.0 Å². The molecule has 2 rings (SSSR count). The van der Waals surface area contributed by atoms with E-state index in [1.165, 1.54) is 0 Å². The van der Waals surface area contributed by atoms with Crippen LogP contribution in [0.5, 0.6) is 0 Å². The van der Waals surface area contributed by atoms with Gasteiger partial charge in [0.15, 0.2) is 0 Å². The van der Waals surface area contributed by atoms with Gasteiger partial charge in [-0.2, -0.15) is 0 Å². The predicted octanol–water partition coefficient (Wildman–Crippen LogP) is 2.42. The molecule has 0 aliphatic carbocycles. The van der Waals surface area contributed by atoms with Crippen LogP contribution in [-0.2, 0) is 0 Å². The van der Waals surface area contributed by atoms with Gasteiger partial charge in [-0.3, -0.25) is 9.78 Å². The summed E-state index contributed by atoms with van der Waals surface area (Å²) in [5, 5.41) is 11.8. The average molecular weight is 284 g/mol. The maximum absolute atomic E-state index is 12.1. The molecule has 1 aromatic carbocycles. The van der Waals surface area contributed by atoms with E-state index in [0.29, 0.717) is 17.8 Å². The van der Waals surface area contributed by atoms with E-state index in [1.54, 1.807) is 6.07 Å². The third-order valence-electron chi connectivity index (χ3n) is 3.32. The van der Waals surface area contributed by atoms with Gasteiger partial charge in [0.25, 0.3) is 5.91 Å². The lowest BCUT2D eigenvalue weighted by Gasteiger charge is -2.11. The minimum atomic E-state index is -0.153. The molecule has 21 heavy (non-hydrogen) atoms. The maximum Gasteiger partial charge on any atom is 0.253 e. The summed E-state index contributed by atoms with van der Waals surface area (Å²) in [6.45, 7) is 4.22. The van der Waals surface area contributed by atoms with Crippen molar-refractivity contribution in [1.29, 1.82) is 0 Å². The zero-order chi connectivity index (χ0) is 15.2. The monoisotopic (exact) mass is 284 g/mol. The van der Waals surface area contributed by atoms with Crippen LogP contribution >= 0.6 is 0 Å². The minimum Gasteiger partial charge on any atom is -0.396 e. The number of hydrogen-bond acceptors (Lipinski definition) is 3. The Labute approximate surface area is 124 Å². The normalized spacial score (nSPS) is 12.0. The number of carbonyl (C=O) groups is 1. The third-order valence-corrected chi connectivity index (χ3v) is 3.32. The number of aromatic nitrogens is 1.